The second kappa shape index (κ2) is 7.70. The van der Waals surface area contributed by atoms with Gasteiger partial charge in [-0.3, -0.25) is 9.89 Å². The highest BCUT2D eigenvalue weighted by Gasteiger charge is 2.30. The van der Waals surface area contributed by atoms with Crippen LogP contribution in [0.5, 0.6) is 0 Å². The Bertz CT molecular complexity index is 543. The number of ether oxygens (including phenoxy) is 1. The third-order valence-corrected chi connectivity index (χ3v) is 4.50. The molecule has 1 unspecified atom stereocenters. The first kappa shape index (κ1) is 16.1. The molecule has 0 aromatic carbocycles. The van der Waals surface area contributed by atoms with Crippen LogP contribution in [0.4, 0.5) is 0 Å². The van der Waals surface area contributed by atoms with E-state index in [1.54, 1.807) is 6.20 Å². The Kier molecular flexibility index (Phi) is 5.40. The third kappa shape index (κ3) is 4.17. The van der Waals surface area contributed by atoms with Crippen molar-refractivity contribution in [3.63, 3.8) is 0 Å². The Hall–Kier alpha value is -1.73. The molecule has 1 aromatic rings. The number of hydrogen-bond acceptors (Lipinski definition) is 5. The molecule has 1 atom stereocenters. The Balaban J connectivity index is 1.53. The summed E-state index contributed by atoms with van der Waals surface area (Å²) in [6.45, 7) is 8.47. The molecule has 2 saturated heterocycles. The molecule has 7 nitrogen and oxygen atoms in total. The molecule has 126 valence electrons. The van der Waals surface area contributed by atoms with Gasteiger partial charge >= 0.3 is 0 Å². The molecule has 3 rings (SSSR count). The van der Waals surface area contributed by atoms with Gasteiger partial charge in [0, 0.05) is 45.5 Å². The van der Waals surface area contributed by atoms with Crippen LogP contribution in [0.15, 0.2) is 17.3 Å². The maximum atomic E-state index is 5.45. The molecule has 0 aliphatic carbocycles. The van der Waals surface area contributed by atoms with Crippen molar-refractivity contribution in [2.24, 2.45) is 4.99 Å². The van der Waals surface area contributed by atoms with Crippen LogP contribution in [-0.4, -0.2) is 78.2 Å². The summed E-state index contributed by atoms with van der Waals surface area (Å²) in [6.07, 6.45) is 2.99. The van der Waals surface area contributed by atoms with Crippen molar-refractivity contribution in [1.29, 1.82) is 0 Å². The van der Waals surface area contributed by atoms with Crippen LogP contribution in [0, 0.1) is 6.92 Å². The normalized spacial score (nSPS) is 23.3. The van der Waals surface area contributed by atoms with Gasteiger partial charge in [0.05, 0.1) is 25.5 Å². The standard InChI is InChI=1S/C16H26N6O/c1-13-18-5-3-14(20-13)11-19-16(17-2)22-6-4-15(12-22)21-7-9-23-10-8-21/h3,5,15H,4,6-12H2,1-2H3,(H,17,19). The van der Waals surface area contributed by atoms with Gasteiger partial charge in [-0.1, -0.05) is 0 Å². The highest BCUT2D eigenvalue weighted by atomic mass is 16.5. The summed E-state index contributed by atoms with van der Waals surface area (Å²) in [5.41, 5.74) is 0.988. The smallest absolute Gasteiger partial charge is 0.194 e. The summed E-state index contributed by atoms with van der Waals surface area (Å²) in [5, 5.41) is 3.42. The quantitative estimate of drug-likeness (QED) is 0.637. The molecule has 1 aromatic heterocycles. The molecule has 23 heavy (non-hydrogen) atoms. The molecule has 0 amide bonds. The van der Waals surface area contributed by atoms with E-state index in [2.05, 4.69) is 30.1 Å². The molecule has 2 aliphatic heterocycles. The number of guanidine groups is 1. The van der Waals surface area contributed by atoms with Gasteiger partial charge in [0.1, 0.15) is 5.82 Å². The molecule has 0 radical (unpaired) electrons. The summed E-state index contributed by atoms with van der Waals surface area (Å²) in [5.74, 6) is 1.75. The Labute approximate surface area is 137 Å². The van der Waals surface area contributed by atoms with Crippen LogP contribution < -0.4 is 5.32 Å². The Morgan fingerprint density at radius 3 is 2.96 bits per heavy atom. The summed E-state index contributed by atoms with van der Waals surface area (Å²) < 4.78 is 5.45. The molecule has 7 heteroatoms. The van der Waals surface area contributed by atoms with Crippen molar-refractivity contribution in [2.75, 3.05) is 46.4 Å². The minimum Gasteiger partial charge on any atom is -0.379 e. The molecular weight excluding hydrogens is 292 g/mol. The lowest BCUT2D eigenvalue weighted by molar-refractivity contribution is 0.0195. The van der Waals surface area contributed by atoms with Crippen LogP contribution in [-0.2, 0) is 11.3 Å². The van der Waals surface area contributed by atoms with Gasteiger partial charge in [0.25, 0.3) is 0 Å². The summed E-state index contributed by atoms with van der Waals surface area (Å²) in [7, 11) is 1.84. The number of aromatic nitrogens is 2. The van der Waals surface area contributed by atoms with Crippen molar-refractivity contribution in [2.45, 2.75) is 25.9 Å². The van der Waals surface area contributed by atoms with Gasteiger partial charge in [-0.15, -0.1) is 0 Å². The van der Waals surface area contributed by atoms with E-state index in [9.17, 15) is 0 Å². The van der Waals surface area contributed by atoms with Crippen molar-refractivity contribution in [3.05, 3.63) is 23.8 Å². The van der Waals surface area contributed by atoms with E-state index >= 15 is 0 Å². The fourth-order valence-electron chi connectivity index (χ4n) is 3.28. The first-order valence-corrected chi connectivity index (χ1v) is 8.32. The van der Waals surface area contributed by atoms with E-state index in [1.807, 2.05) is 20.0 Å². The van der Waals surface area contributed by atoms with E-state index in [4.69, 9.17) is 4.74 Å². The zero-order valence-electron chi connectivity index (χ0n) is 14.0. The van der Waals surface area contributed by atoms with Crippen LogP contribution in [0.25, 0.3) is 0 Å². The maximum Gasteiger partial charge on any atom is 0.194 e. The van der Waals surface area contributed by atoms with Crippen LogP contribution in [0.3, 0.4) is 0 Å². The molecular formula is C16H26N6O. The number of likely N-dealkylation sites (tertiary alicyclic amines) is 1. The molecule has 0 bridgehead atoms. The highest BCUT2D eigenvalue weighted by molar-refractivity contribution is 5.80. The zero-order chi connectivity index (χ0) is 16.1. The summed E-state index contributed by atoms with van der Waals surface area (Å²) >= 11 is 0. The SMILES string of the molecule is CN=C(NCc1ccnc(C)n1)N1CCC(N2CCOCC2)C1. The molecule has 1 N–H and O–H groups in total. The summed E-state index contributed by atoms with van der Waals surface area (Å²) in [4.78, 5) is 17.9. The van der Waals surface area contributed by atoms with E-state index < -0.39 is 0 Å². The van der Waals surface area contributed by atoms with Crippen molar-refractivity contribution >= 4 is 5.96 Å². The second-order valence-electron chi connectivity index (χ2n) is 6.03. The maximum absolute atomic E-state index is 5.45. The molecule has 0 saturated carbocycles. The fraction of sp³-hybridized carbons (Fsp3) is 0.688. The van der Waals surface area contributed by atoms with Gasteiger partial charge in [-0.25, -0.2) is 9.97 Å². The Morgan fingerprint density at radius 2 is 2.22 bits per heavy atom. The lowest BCUT2D eigenvalue weighted by Crippen LogP contribution is -2.46. The monoisotopic (exact) mass is 318 g/mol. The molecule has 3 heterocycles. The van der Waals surface area contributed by atoms with E-state index in [0.717, 1.165) is 56.9 Å². The van der Waals surface area contributed by atoms with Gasteiger partial charge < -0.3 is 15.0 Å². The second-order valence-corrected chi connectivity index (χ2v) is 6.03. The van der Waals surface area contributed by atoms with Gasteiger partial charge in [0.2, 0.25) is 0 Å². The van der Waals surface area contributed by atoms with Crippen LogP contribution in [0.1, 0.15) is 17.9 Å². The predicted octanol–water partition coefficient (Wildman–Crippen LogP) is 0.267. The molecule has 2 aliphatic rings. The van der Waals surface area contributed by atoms with Crippen LogP contribution >= 0.6 is 0 Å². The fourth-order valence-corrected chi connectivity index (χ4v) is 3.28. The van der Waals surface area contributed by atoms with Crippen molar-refractivity contribution < 1.29 is 4.74 Å². The van der Waals surface area contributed by atoms with E-state index in [0.29, 0.717) is 12.6 Å². The first-order valence-electron chi connectivity index (χ1n) is 8.32. The zero-order valence-corrected chi connectivity index (χ0v) is 14.0. The lowest BCUT2D eigenvalue weighted by atomic mass is 10.2. The predicted molar refractivity (Wildman–Crippen MR) is 89.3 cm³/mol. The summed E-state index contributed by atoms with van der Waals surface area (Å²) in [6, 6.07) is 2.55. The number of rotatable bonds is 3. The molecule has 2 fully saturated rings. The number of hydrogen-bond donors (Lipinski definition) is 1. The minimum absolute atomic E-state index is 0.610. The van der Waals surface area contributed by atoms with Gasteiger partial charge in [-0.05, 0) is 19.4 Å². The highest BCUT2D eigenvalue weighted by Crippen LogP contribution is 2.17. The van der Waals surface area contributed by atoms with Crippen molar-refractivity contribution in [1.82, 2.24) is 25.1 Å². The largest absolute Gasteiger partial charge is 0.379 e. The average molecular weight is 318 g/mol. The van der Waals surface area contributed by atoms with Gasteiger partial charge in [-0.2, -0.15) is 0 Å². The Morgan fingerprint density at radius 1 is 1.39 bits per heavy atom. The number of nitrogens with zero attached hydrogens (tertiary/aromatic N) is 5. The van der Waals surface area contributed by atoms with Crippen LogP contribution in [0.2, 0.25) is 0 Å². The first-order chi connectivity index (χ1) is 11.3. The van der Waals surface area contributed by atoms with Crippen molar-refractivity contribution in [3.8, 4) is 0 Å². The average Bonchev–Trinajstić information content (AvgIpc) is 3.06. The number of aliphatic imine (C=N–C) groups is 1. The molecule has 0 spiro atoms. The number of morpholine rings is 1. The van der Waals surface area contributed by atoms with E-state index in [1.165, 1.54) is 6.42 Å². The topological polar surface area (TPSA) is 65.9 Å². The number of aryl methyl sites for hydroxylation is 1. The lowest BCUT2D eigenvalue weighted by Gasteiger charge is -2.32. The van der Waals surface area contributed by atoms with Gasteiger partial charge in [0.15, 0.2) is 5.96 Å². The van der Waals surface area contributed by atoms with E-state index in [-0.39, 0.29) is 0 Å². The minimum atomic E-state index is 0.610. The number of nitrogens with one attached hydrogen (secondary N) is 1. The third-order valence-electron chi connectivity index (χ3n) is 4.50.